The highest BCUT2D eigenvalue weighted by Gasteiger charge is 2.27. The predicted molar refractivity (Wildman–Crippen MR) is 83.9 cm³/mol. The van der Waals surface area contributed by atoms with Gasteiger partial charge in [-0.25, -0.2) is 4.98 Å². The molecule has 1 N–H and O–H groups in total. The third-order valence-electron chi connectivity index (χ3n) is 3.34. The number of ether oxygens (including phenoxy) is 1. The van der Waals surface area contributed by atoms with Crippen LogP contribution in [0.15, 0.2) is 12.3 Å². The minimum absolute atomic E-state index is 0.0477. The fourth-order valence-corrected chi connectivity index (χ4v) is 2.69. The van der Waals surface area contributed by atoms with Crippen molar-refractivity contribution in [3.05, 3.63) is 22.8 Å². The molecule has 21 heavy (non-hydrogen) atoms. The Balaban J connectivity index is 2.10. The van der Waals surface area contributed by atoms with Gasteiger partial charge in [-0.15, -0.1) is 0 Å². The van der Waals surface area contributed by atoms with E-state index in [1.54, 1.807) is 17.2 Å². The molecule has 1 aromatic heterocycles. The van der Waals surface area contributed by atoms with Crippen molar-refractivity contribution in [2.45, 2.75) is 39.4 Å². The molecule has 0 aliphatic carbocycles. The lowest BCUT2D eigenvalue weighted by Crippen LogP contribution is -2.48. The second kappa shape index (κ2) is 7.09. The lowest BCUT2D eigenvalue weighted by Gasteiger charge is -2.35. The quantitative estimate of drug-likeness (QED) is 0.929. The smallest absolute Gasteiger partial charge is 0.255 e. The van der Waals surface area contributed by atoms with Crippen molar-refractivity contribution in [2.24, 2.45) is 0 Å². The van der Waals surface area contributed by atoms with E-state index in [1.165, 1.54) is 0 Å². The molecule has 0 aromatic carbocycles. The van der Waals surface area contributed by atoms with Crippen LogP contribution < -0.4 is 5.32 Å². The molecule has 6 heteroatoms. The first-order valence-corrected chi connectivity index (χ1v) is 7.73. The molecule has 1 saturated heterocycles. The largest absolute Gasteiger partial charge is 0.372 e. The zero-order valence-corrected chi connectivity index (χ0v) is 13.5. The van der Waals surface area contributed by atoms with E-state index in [2.05, 4.69) is 17.2 Å². The summed E-state index contributed by atoms with van der Waals surface area (Å²) < 4.78 is 5.64. The molecule has 116 valence electrons. The van der Waals surface area contributed by atoms with E-state index in [9.17, 15) is 4.79 Å². The summed E-state index contributed by atoms with van der Waals surface area (Å²) in [6.45, 7) is 8.00. The number of halogens is 1. The number of morpholine rings is 1. The van der Waals surface area contributed by atoms with E-state index in [1.807, 2.05) is 13.8 Å². The Kier molecular flexibility index (Phi) is 5.42. The van der Waals surface area contributed by atoms with Crippen molar-refractivity contribution in [1.29, 1.82) is 0 Å². The highest BCUT2D eigenvalue weighted by molar-refractivity contribution is 6.33. The monoisotopic (exact) mass is 311 g/mol. The van der Waals surface area contributed by atoms with Gasteiger partial charge in [0.2, 0.25) is 0 Å². The van der Waals surface area contributed by atoms with Gasteiger partial charge < -0.3 is 15.0 Å². The second-order valence-corrected chi connectivity index (χ2v) is 5.86. The van der Waals surface area contributed by atoms with Crippen LogP contribution in [0.2, 0.25) is 5.02 Å². The summed E-state index contributed by atoms with van der Waals surface area (Å²) in [5.41, 5.74) is 0.517. The number of pyridine rings is 1. The first-order chi connectivity index (χ1) is 10.0. The molecule has 1 fully saturated rings. The summed E-state index contributed by atoms with van der Waals surface area (Å²) in [6.07, 6.45) is 2.66. The zero-order valence-electron chi connectivity index (χ0n) is 12.7. The third-order valence-corrected chi connectivity index (χ3v) is 3.63. The van der Waals surface area contributed by atoms with Crippen molar-refractivity contribution in [1.82, 2.24) is 9.88 Å². The van der Waals surface area contributed by atoms with Gasteiger partial charge in [-0.3, -0.25) is 4.79 Å². The lowest BCUT2D eigenvalue weighted by molar-refractivity contribution is -0.0586. The molecule has 0 radical (unpaired) electrons. The van der Waals surface area contributed by atoms with Gasteiger partial charge >= 0.3 is 0 Å². The van der Waals surface area contributed by atoms with Crippen molar-refractivity contribution in [3.63, 3.8) is 0 Å². The van der Waals surface area contributed by atoms with Crippen molar-refractivity contribution < 1.29 is 9.53 Å². The first-order valence-electron chi connectivity index (χ1n) is 7.35. The van der Waals surface area contributed by atoms with Crippen LogP contribution in [0.1, 0.15) is 37.6 Å². The normalized spacial score (nSPS) is 22.2. The number of amides is 1. The Labute approximate surface area is 130 Å². The Morgan fingerprint density at radius 3 is 2.71 bits per heavy atom. The average molecular weight is 312 g/mol. The molecular weight excluding hydrogens is 290 g/mol. The van der Waals surface area contributed by atoms with Crippen molar-refractivity contribution in [2.75, 3.05) is 25.0 Å². The molecule has 2 atom stereocenters. The minimum Gasteiger partial charge on any atom is -0.372 e. The van der Waals surface area contributed by atoms with Crippen molar-refractivity contribution in [3.8, 4) is 0 Å². The fourth-order valence-electron chi connectivity index (χ4n) is 2.45. The molecule has 0 spiro atoms. The van der Waals surface area contributed by atoms with Gasteiger partial charge in [-0.2, -0.15) is 0 Å². The maximum Gasteiger partial charge on any atom is 0.255 e. The van der Waals surface area contributed by atoms with E-state index in [0.29, 0.717) is 29.5 Å². The van der Waals surface area contributed by atoms with E-state index in [4.69, 9.17) is 16.3 Å². The molecule has 1 aliphatic heterocycles. The molecular formula is C15H22ClN3O2. The number of aromatic nitrogens is 1. The van der Waals surface area contributed by atoms with E-state index in [0.717, 1.165) is 13.0 Å². The highest BCUT2D eigenvalue weighted by atomic mass is 35.5. The number of nitrogens with zero attached hydrogens (tertiary/aromatic N) is 2. The summed E-state index contributed by atoms with van der Waals surface area (Å²) in [6, 6.07) is 1.68. The SMILES string of the molecule is CCCNc1ncc(C(=O)N2C[C@@H](C)O[C@@H](C)C2)cc1Cl. The van der Waals surface area contributed by atoms with Crippen LogP contribution in [0.4, 0.5) is 5.82 Å². The number of anilines is 1. The van der Waals surface area contributed by atoms with Crippen LogP contribution in [0.3, 0.4) is 0 Å². The third kappa shape index (κ3) is 4.08. The predicted octanol–water partition coefficient (Wildman–Crippen LogP) is 2.81. The van der Waals surface area contributed by atoms with Gasteiger partial charge in [-0.05, 0) is 26.3 Å². The van der Waals surface area contributed by atoms with Crippen LogP contribution in [0.5, 0.6) is 0 Å². The number of carbonyl (C=O) groups is 1. The average Bonchev–Trinajstić information content (AvgIpc) is 2.44. The number of nitrogens with one attached hydrogen (secondary N) is 1. The number of hydrogen-bond donors (Lipinski definition) is 1. The fraction of sp³-hybridized carbons (Fsp3) is 0.600. The molecule has 2 rings (SSSR count). The summed E-state index contributed by atoms with van der Waals surface area (Å²) in [7, 11) is 0. The highest BCUT2D eigenvalue weighted by Crippen LogP contribution is 2.22. The molecule has 1 amide bonds. The Morgan fingerprint density at radius 1 is 1.48 bits per heavy atom. The molecule has 0 saturated carbocycles. The number of rotatable bonds is 4. The first kappa shape index (κ1) is 16.0. The molecule has 1 aromatic rings. The molecule has 1 aliphatic rings. The molecule has 5 nitrogen and oxygen atoms in total. The van der Waals surface area contributed by atoms with Crippen LogP contribution >= 0.6 is 11.6 Å². The number of carbonyl (C=O) groups excluding carboxylic acids is 1. The summed E-state index contributed by atoms with van der Waals surface area (Å²) in [5.74, 6) is 0.576. The van der Waals surface area contributed by atoms with E-state index >= 15 is 0 Å². The summed E-state index contributed by atoms with van der Waals surface area (Å²) in [5, 5.41) is 3.61. The number of hydrogen-bond acceptors (Lipinski definition) is 4. The standard InChI is InChI=1S/C15H22ClN3O2/c1-4-5-17-14-13(16)6-12(7-18-14)15(20)19-8-10(2)21-11(3)9-19/h6-7,10-11H,4-5,8-9H2,1-3H3,(H,17,18)/t10-,11+. The van der Waals surface area contributed by atoms with Crippen LogP contribution in [0, 0.1) is 0 Å². The topological polar surface area (TPSA) is 54.5 Å². The Hall–Kier alpha value is -1.33. The van der Waals surface area contributed by atoms with E-state index in [-0.39, 0.29) is 18.1 Å². The van der Waals surface area contributed by atoms with Gasteiger partial charge in [0.05, 0.1) is 22.8 Å². The molecule has 2 heterocycles. The second-order valence-electron chi connectivity index (χ2n) is 5.45. The summed E-state index contributed by atoms with van der Waals surface area (Å²) >= 11 is 6.19. The molecule has 0 bridgehead atoms. The van der Waals surface area contributed by atoms with Gasteiger partial charge in [0.1, 0.15) is 5.82 Å². The minimum atomic E-state index is -0.0477. The van der Waals surface area contributed by atoms with Gasteiger partial charge in [0, 0.05) is 25.8 Å². The Morgan fingerprint density at radius 2 is 2.14 bits per heavy atom. The summed E-state index contributed by atoms with van der Waals surface area (Å²) in [4.78, 5) is 18.6. The maximum absolute atomic E-state index is 12.5. The van der Waals surface area contributed by atoms with Gasteiger partial charge in [-0.1, -0.05) is 18.5 Å². The zero-order chi connectivity index (χ0) is 15.4. The van der Waals surface area contributed by atoms with Crippen LogP contribution in [0.25, 0.3) is 0 Å². The lowest BCUT2D eigenvalue weighted by atomic mass is 10.2. The Bertz CT molecular complexity index is 500. The van der Waals surface area contributed by atoms with Crippen molar-refractivity contribution >= 4 is 23.3 Å². The van der Waals surface area contributed by atoms with Crippen LogP contribution in [-0.2, 0) is 4.74 Å². The molecule has 0 unspecified atom stereocenters. The maximum atomic E-state index is 12.5. The van der Waals surface area contributed by atoms with E-state index < -0.39 is 0 Å². The van der Waals surface area contributed by atoms with Gasteiger partial charge in [0.15, 0.2) is 0 Å². The van der Waals surface area contributed by atoms with Gasteiger partial charge in [0.25, 0.3) is 5.91 Å². The van der Waals surface area contributed by atoms with Crippen LogP contribution in [-0.4, -0.2) is 47.6 Å².